The van der Waals surface area contributed by atoms with Crippen LogP contribution < -0.4 is 5.73 Å². The van der Waals surface area contributed by atoms with Crippen LogP contribution in [-0.2, 0) is 0 Å². The molecule has 0 aromatic heterocycles. The molecule has 0 aromatic carbocycles. The Bertz CT molecular complexity index is 247. The fourth-order valence-corrected chi connectivity index (χ4v) is 0.887. The number of rotatable bonds is 5. The lowest BCUT2D eigenvalue weighted by Crippen LogP contribution is -2.28. The van der Waals surface area contributed by atoms with E-state index in [1.54, 1.807) is 6.34 Å². The molecule has 0 aliphatic heterocycles. The van der Waals surface area contributed by atoms with Crippen LogP contribution in [0.1, 0.15) is 0 Å². The minimum Gasteiger partial charge on any atom is -0.299 e. The van der Waals surface area contributed by atoms with Gasteiger partial charge in [-0.25, -0.2) is 0 Å². The van der Waals surface area contributed by atoms with Crippen LogP contribution in [0.3, 0.4) is 0 Å². The van der Waals surface area contributed by atoms with E-state index in [0.29, 0.717) is 0 Å². The number of likely N-dealkylation sites (N-methyl/N-ethyl adjacent to an activating group) is 2. The Labute approximate surface area is 93.4 Å². The molecule has 0 unspecified atom stereocenters. The maximum Gasteiger partial charge on any atom is 0.229 e. The average molecular weight is 211 g/mol. The maximum atomic E-state index is 5.36. The standard InChI is InChI=1S/C11H22N4/c1-13(2)7-5-6-8-14(3)9-10-15(4)11-12/h11-12H,7-10H2,1-4H3/p+1. The van der Waals surface area contributed by atoms with Gasteiger partial charge in [0, 0.05) is 6.54 Å². The van der Waals surface area contributed by atoms with Crippen molar-refractivity contribution in [2.45, 2.75) is 0 Å². The van der Waals surface area contributed by atoms with E-state index in [-0.39, 0.29) is 0 Å². The van der Waals surface area contributed by atoms with Crippen molar-refractivity contribution in [1.82, 2.24) is 9.80 Å². The molecule has 4 heteroatoms. The van der Waals surface area contributed by atoms with Crippen molar-refractivity contribution in [1.29, 1.82) is 0 Å². The van der Waals surface area contributed by atoms with Crippen LogP contribution in [0.2, 0.25) is 0 Å². The lowest BCUT2D eigenvalue weighted by molar-refractivity contribution is -0.493. The second kappa shape index (κ2) is 8.27. The number of hydrogen-bond acceptors (Lipinski definition) is 2. The lowest BCUT2D eigenvalue weighted by atomic mass is 10.4. The topological polar surface area (TPSA) is 35.5 Å². The first-order valence-corrected chi connectivity index (χ1v) is 5.10. The predicted octanol–water partition coefficient (Wildman–Crippen LogP) is -0.887. The highest BCUT2D eigenvalue weighted by atomic mass is 15.1. The smallest absolute Gasteiger partial charge is 0.229 e. The minimum absolute atomic E-state index is 0.812. The van der Waals surface area contributed by atoms with Gasteiger partial charge in [-0.1, -0.05) is 11.8 Å². The molecule has 0 rings (SSSR count). The van der Waals surface area contributed by atoms with Gasteiger partial charge in [0.15, 0.2) is 0 Å². The minimum atomic E-state index is 0.812. The molecule has 0 aromatic rings. The van der Waals surface area contributed by atoms with Gasteiger partial charge in [-0.05, 0) is 21.1 Å². The van der Waals surface area contributed by atoms with Gasteiger partial charge in [-0.3, -0.25) is 20.1 Å². The largest absolute Gasteiger partial charge is 0.299 e. The Morgan fingerprint density at radius 3 is 2.33 bits per heavy atom. The van der Waals surface area contributed by atoms with Crippen molar-refractivity contribution in [3.8, 4) is 11.8 Å². The second-order valence-corrected chi connectivity index (χ2v) is 3.96. The van der Waals surface area contributed by atoms with E-state index < -0.39 is 0 Å². The molecule has 0 amide bonds. The van der Waals surface area contributed by atoms with E-state index in [0.717, 1.165) is 26.2 Å². The molecule has 0 aliphatic carbocycles. The first kappa shape index (κ1) is 13.9. The van der Waals surface area contributed by atoms with Crippen LogP contribution in [0.5, 0.6) is 0 Å². The second-order valence-electron chi connectivity index (χ2n) is 3.96. The third kappa shape index (κ3) is 9.26. The Morgan fingerprint density at radius 1 is 1.20 bits per heavy atom. The van der Waals surface area contributed by atoms with E-state index in [9.17, 15) is 0 Å². The van der Waals surface area contributed by atoms with Gasteiger partial charge in [-0.2, -0.15) is 0 Å². The molecule has 86 valence electrons. The van der Waals surface area contributed by atoms with E-state index in [1.165, 1.54) is 0 Å². The van der Waals surface area contributed by atoms with Gasteiger partial charge in [0.2, 0.25) is 6.34 Å². The molecule has 2 N–H and O–H groups in total. The summed E-state index contributed by atoms with van der Waals surface area (Å²) in [5.74, 6) is 6.24. The van der Waals surface area contributed by atoms with Gasteiger partial charge >= 0.3 is 0 Å². The van der Waals surface area contributed by atoms with Crippen LogP contribution in [-0.4, -0.2) is 75.1 Å². The highest BCUT2D eigenvalue weighted by Crippen LogP contribution is 1.80. The Hall–Kier alpha value is -1.05. The Morgan fingerprint density at radius 2 is 1.80 bits per heavy atom. The van der Waals surface area contributed by atoms with Crippen molar-refractivity contribution in [2.24, 2.45) is 5.73 Å². The molecule has 0 saturated carbocycles. The highest BCUT2D eigenvalue weighted by Gasteiger charge is 1.97. The third-order valence-electron chi connectivity index (χ3n) is 1.96. The number of nitrogens with two attached hydrogens (primary N) is 1. The van der Waals surface area contributed by atoms with Gasteiger partial charge < -0.3 is 0 Å². The van der Waals surface area contributed by atoms with Gasteiger partial charge in [0.05, 0.1) is 26.7 Å². The van der Waals surface area contributed by atoms with Crippen molar-refractivity contribution in [3.63, 3.8) is 0 Å². The van der Waals surface area contributed by atoms with E-state index in [4.69, 9.17) is 5.73 Å². The molecular weight excluding hydrogens is 188 g/mol. The monoisotopic (exact) mass is 211 g/mol. The van der Waals surface area contributed by atoms with Crippen molar-refractivity contribution in [3.05, 3.63) is 0 Å². The van der Waals surface area contributed by atoms with Crippen molar-refractivity contribution >= 4 is 6.34 Å². The summed E-state index contributed by atoms with van der Waals surface area (Å²) in [6.07, 6.45) is 1.59. The molecule has 0 saturated heterocycles. The molecule has 0 bridgehead atoms. The molecule has 4 nitrogen and oxygen atoms in total. The predicted molar refractivity (Wildman–Crippen MR) is 65.1 cm³/mol. The summed E-state index contributed by atoms with van der Waals surface area (Å²) in [6.45, 7) is 3.54. The van der Waals surface area contributed by atoms with Crippen molar-refractivity contribution < 1.29 is 4.58 Å². The fraction of sp³-hybridized carbons (Fsp3) is 0.727. The van der Waals surface area contributed by atoms with Gasteiger partial charge in [0.1, 0.15) is 0 Å². The van der Waals surface area contributed by atoms with Gasteiger partial charge in [0.25, 0.3) is 0 Å². The molecule has 0 spiro atoms. The SMILES string of the molecule is CN(C)CC#CCN(C)CC[N+](C)=CN. The molecular formula is C11H23N4+. The van der Waals surface area contributed by atoms with E-state index in [2.05, 4.69) is 28.7 Å². The zero-order chi connectivity index (χ0) is 11.7. The van der Waals surface area contributed by atoms with Crippen LogP contribution in [0.4, 0.5) is 0 Å². The van der Waals surface area contributed by atoms with Crippen LogP contribution in [0, 0.1) is 11.8 Å². The quantitative estimate of drug-likeness (QED) is 0.277. The molecule has 0 atom stereocenters. The average Bonchev–Trinajstić information content (AvgIpc) is 2.20. The van der Waals surface area contributed by atoms with Crippen LogP contribution in [0.25, 0.3) is 0 Å². The highest BCUT2D eigenvalue weighted by molar-refractivity contribution is 5.44. The Balaban J connectivity index is 3.64. The molecule has 15 heavy (non-hydrogen) atoms. The normalized spacial score (nSPS) is 11.7. The molecule has 0 aliphatic rings. The third-order valence-corrected chi connectivity index (χ3v) is 1.96. The fourth-order valence-electron chi connectivity index (χ4n) is 0.887. The molecule has 0 fully saturated rings. The first-order chi connectivity index (χ1) is 7.06. The maximum absolute atomic E-state index is 5.36. The summed E-state index contributed by atoms with van der Waals surface area (Å²) >= 11 is 0. The van der Waals surface area contributed by atoms with E-state index >= 15 is 0 Å². The van der Waals surface area contributed by atoms with Crippen molar-refractivity contribution in [2.75, 3.05) is 54.4 Å². The number of hydrogen-bond donors (Lipinski definition) is 1. The Kier molecular flexibility index (Phi) is 7.69. The van der Waals surface area contributed by atoms with E-state index in [1.807, 2.05) is 25.7 Å². The lowest BCUT2D eigenvalue weighted by Gasteiger charge is -2.11. The molecule has 0 radical (unpaired) electrons. The van der Waals surface area contributed by atoms with Crippen LogP contribution >= 0.6 is 0 Å². The summed E-state index contributed by atoms with van der Waals surface area (Å²) in [5.41, 5.74) is 5.36. The number of nitrogens with zero attached hydrogens (tertiary/aromatic N) is 3. The van der Waals surface area contributed by atoms with Gasteiger partial charge in [-0.15, -0.1) is 0 Å². The summed E-state index contributed by atoms with van der Waals surface area (Å²) in [4.78, 5) is 4.24. The summed E-state index contributed by atoms with van der Waals surface area (Å²) < 4.78 is 1.96. The summed E-state index contributed by atoms with van der Waals surface area (Å²) in [7, 11) is 8.06. The van der Waals surface area contributed by atoms with Crippen LogP contribution in [0.15, 0.2) is 0 Å². The zero-order valence-electron chi connectivity index (χ0n) is 10.3. The first-order valence-electron chi connectivity index (χ1n) is 5.10. The summed E-state index contributed by atoms with van der Waals surface area (Å²) in [6, 6.07) is 0. The molecule has 0 heterocycles. The summed E-state index contributed by atoms with van der Waals surface area (Å²) in [5, 5.41) is 0. The zero-order valence-corrected chi connectivity index (χ0v) is 10.3.